The van der Waals surface area contributed by atoms with Gasteiger partial charge >= 0.3 is 0 Å². The normalized spacial score (nSPS) is 10.4. The van der Waals surface area contributed by atoms with Crippen molar-refractivity contribution in [2.75, 3.05) is 5.32 Å². The lowest BCUT2D eigenvalue weighted by atomic mass is 10.3. The van der Waals surface area contributed by atoms with Crippen molar-refractivity contribution in [2.24, 2.45) is 7.05 Å². The lowest BCUT2D eigenvalue weighted by molar-refractivity contribution is 0.101. The van der Waals surface area contributed by atoms with Crippen LogP contribution in [0.2, 0.25) is 10.0 Å². The molecule has 1 heterocycles. The SMILES string of the molecule is Cn1nccc1C(=O)Nc1cc(Cl)c(O)c(Cl)c1. The number of hydrogen-bond acceptors (Lipinski definition) is 3. The number of hydrogen-bond donors (Lipinski definition) is 2. The second-order valence-corrected chi connectivity index (χ2v) is 4.40. The molecule has 0 aliphatic rings. The summed E-state index contributed by atoms with van der Waals surface area (Å²) in [7, 11) is 1.66. The summed E-state index contributed by atoms with van der Waals surface area (Å²) in [4.78, 5) is 11.9. The fraction of sp³-hybridized carbons (Fsp3) is 0.0909. The lowest BCUT2D eigenvalue weighted by Crippen LogP contribution is -2.16. The third kappa shape index (κ3) is 2.42. The molecule has 18 heavy (non-hydrogen) atoms. The Balaban J connectivity index is 2.25. The molecule has 7 heteroatoms. The number of nitrogens with one attached hydrogen (secondary N) is 1. The summed E-state index contributed by atoms with van der Waals surface area (Å²) in [5, 5.41) is 16.1. The summed E-state index contributed by atoms with van der Waals surface area (Å²) in [5.74, 6) is -0.551. The minimum absolute atomic E-state index is 0.0720. The minimum Gasteiger partial charge on any atom is -0.505 e. The van der Waals surface area contributed by atoms with Crippen LogP contribution in [0.25, 0.3) is 0 Å². The van der Waals surface area contributed by atoms with Gasteiger partial charge in [0.1, 0.15) is 5.69 Å². The molecule has 2 N–H and O–H groups in total. The number of halogens is 2. The van der Waals surface area contributed by atoms with E-state index in [1.54, 1.807) is 13.1 Å². The van der Waals surface area contributed by atoms with Crippen molar-refractivity contribution in [1.82, 2.24) is 9.78 Å². The number of carbonyl (C=O) groups excluding carboxylic acids is 1. The quantitative estimate of drug-likeness (QED) is 0.834. The third-order valence-electron chi connectivity index (χ3n) is 2.33. The number of amides is 1. The maximum Gasteiger partial charge on any atom is 0.273 e. The smallest absolute Gasteiger partial charge is 0.273 e. The molecule has 94 valence electrons. The van der Waals surface area contributed by atoms with Crippen LogP contribution >= 0.6 is 23.2 Å². The average molecular weight is 286 g/mol. The van der Waals surface area contributed by atoms with Crippen molar-refractivity contribution in [3.63, 3.8) is 0 Å². The zero-order chi connectivity index (χ0) is 13.3. The van der Waals surface area contributed by atoms with E-state index in [1.165, 1.54) is 23.0 Å². The molecule has 5 nitrogen and oxygen atoms in total. The summed E-state index contributed by atoms with van der Waals surface area (Å²) in [6.45, 7) is 0. The van der Waals surface area contributed by atoms with Gasteiger partial charge in [0.05, 0.1) is 10.0 Å². The van der Waals surface area contributed by atoms with E-state index in [0.29, 0.717) is 11.4 Å². The van der Waals surface area contributed by atoms with Gasteiger partial charge in [-0.25, -0.2) is 0 Å². The van der Waals surface area contributed by atoms with Crippen LogP contribution in [0.3, 0.4) is 0 Å². The maximum absolute atomic E-state index is 11.9. The van der Waals surface area contributed by atoms with Gasteiger partial charge in [-0.2, -0.15) is 5.10 Å². The summed E-state index contributed by atoms with van der Waals surface area (Å²) >= 11 is 11.5. The number of aryl methyl sites for hydroxylation is 1. The van der Waals surface area contributed by atoms with Gasteiger partial charge in [0.2, 0.25) is 0 Å². The number of phenolic OH excluding ortho intramolecular Hbond substituents is 1. The molecular weight excluding hydrogens is 277 g/mol. The van der Waals surface area contributed by atoms with E-state index in [1.807, 2.05) is 0 Å². The zero-order valence-electron chi connectivity index (χ0n) is 9.32. The molecule has 1 amide bonds. The predicted octanol–water partition coefficient (Wildman–Crippen LogP) is 2.68. The van der Waals surface area contributed by atoms with E-state index in [2.05, 4.69) is 10.4 Å². The van der Waals surface area contributed by atoms with Gasteiger partial charge in [0, 0.05) is 18.9 Å². The van der Waals surface area contributed by atoms with Gasteiger partial charge in [-0.05, 0) is 18.2 Å². The highest BCUT2D eigenvalue weighted by Gasteiger charge is 2.12. The van der Waals surface area contributed by atoms with E-state index >= 15 is 0 Å². The Kier molecular flexibility index (Phi) is 3.45. The van der Waals surface area contributed by atoms with Crippen molar-refractivity contribution in [1.29, 1.82) is 0 Å². The topological polar surface area (TPSA) is 67.2 Å². The molecule has 0 fully saturated rings. The van der Waals surface area contributed by atoms with Gasteiger partial charge in [0.25, 0.3) is 5.91 Å². The van der Waals surface area contributed by atoms with Crippen molar-refractivity contribution >= 4 is 34.8 Å². The molecular formula is C11H9Cl2N3O2. The lowest BCUT2D eigenvalue weighted by Gasteiger charge is -2.07. The van der Waals surface area contributed by atoms with E-state index in [9.17, 15) is 9.90 Å². The largest absolute Gasteiger partial charge is 0.505 e. The van der Waals surface area contributed by atoms with Gasteiger partial charge in [-0.15, -0.1) is 0 Å². The first kappa shape index (κ1) is 12.7. The Morgan fingerprint density at radius 3 is 2.50 bits per heavy atom. The molecule has 1 aromatic carbocycles. The molecule has 0 bridgehead atoms. The number of carbonyl (C=O) groups is 1. The van der Waals surface area contributed by atoms with E-state index in [0.717, 1.165) is 0 Å². The van der Waals surface area contributed by atoms with Crippen molar-refractivity contribution in [3.8, 4) is 5.75 Å². The number of aromatic nitrogens is 2. The van der Waals surface area contributed by atoms with E-state index in [4.69, 9.17) is 23.2 Å². The van der Waals surface area contributed by atoms with Gasteiger partial charge in [-0.3, -0.25) is 9.48 Å². The number of benzene rings is 1. The van der Waals surface area contributed by atoms with E-state index < -0.39 is 0 Å². The first-order valence-electron chi connectivity index (χ1n) is 4.96. The highest BCUT2D eigenvalue weighted by Crippen LogP contribution is 2.34. The molecule has 0 saturated carbocycles. The fourth-order valence-electron chi connectivity index (χ4n) is 1.43. The van der Waals surface area contributed by atoms with Gasteiger partial charge < -0.3 is 10.4 Å². The minimum atomic E-state index is -0.340. The van der Waals surface area contributed by atoms with Crippen LogP contribution in [0.15, 0.2) is 24.4 Å². The molecule has 0 atom stereocenters. The fourth-order valence-corrected chi connectivity index (χ4v) is 1.92. The Bertz CT molecular complexity index is 587. The van der Waals surface area contributed by atoms with E-state index in [-0.39, 0.29) is 21.7 Å². The first-order chi connectivity index (χ1) is 8.49. The summed E-state index contributed by atoms with van der Waals surface area (Å²) < 4.78 is 1.44. The summed E-state index contributed by atoms with van der Waals surface area (Å²) in [6, 6.07) is 4.41. The molecule has 0 radical (unpaired) electrons. The van der Waals surface area contributed by atoms with Crippen LogP contribution in [0.1, 0.15) is 10.5 Å². The number of anilines is 1. The van der Waals surface area contributed by atoms with Crippen LogP contribution in [0, 0.1) is 0 Å². The third-order valence-corrected chi connectivity index (χ3v) is 2.90. The van der Waals surface area contributed by atoms with Crippen molar-refractivity contribution < 1.29 is 9.90 Å². The van der Waals surface area contributed by atoms with Crippen LogP contribution in [0.5, 0.6) is 5.75 Å². The molecule has 0 aliphatic heterocycles. The van der Waals surface area contributed by atoms with Gasteiger partial charge in [-0.1, -0.05) is 23.2 Å². The summed E-state index contributed by atoms with van der Waals surface area (Å²) in [5.41, 5.74) is 0.796. The van der Waals surface area contributed by atoms with Crippen molar-refractivity contribution in [3.05, 3.63) is 40.1 Å². The number of nitrogens with zero attached hydrogens (tertiary/aromatic N) is 2. The molecule has 0 saturated heterocycles. The Morgan fingerprint density at radius 2 is 2.00 bits per heavy atom. The Hall–Kier alpha value is -1.72. The van der Waals surface area contributed by atoms with Crippen LogP contribution in [-0.2, 0) is 7.05 Å². The summed E-state index contributed by atoms with van der Waals surface area (Å²) in [6.07, 6.45) is 1.52. The van der Waals surface area contributed by atoms with Crippen molar-refractivity contribution in [2.45, 2.75) is 0 Å². The Labute approximate surface area is 113 Å². The average Bonchev–Trinajstić information content (AvgIpc) is 2.72. The van der Waals surface area contributed by atoms with Crippen LogP contribution in [0.4, 0.5) is 5.69 Å². The highest BCUT2D eigenvalue weighted by atomic mass is 35.5. The molecule has 0 unspecified atom stereocenters. The zero-order valence-corrected chi connectivity index (χ0v) is 10.8. The monoisotopic (exact) mass is 285 g/mol. The van der Waals surface area contributed by atoms with Crippen LogP contribution < -0.4 is 5.32 Å². The first-order valence-corrected chi connectivity index (χ1v) is 5.72. The molecule has 0 spiro atoms. The number of phenols is 1. The predicted molar refractivity (Wildman–Crippen MR) is 69.3 cm³/mol. The second-order valence-electron chi connectivity index (χ2n) is 3.58. The van der Waals surface area contributed by atoms with Gasteiger partial charge in [0.15, 0.2) is 5.75 Å². The Morgan fingerprint density at radius 1 is 1.39 bits per heavy atom. The van der Waals surface area contributed by atoms with Crippen LogP contribution in [-0.4, -0.2) is 20.8 Å². The second kappa shape index (κ2) is 4.88. The molecule has 0 aliphatic carbocycles. The standard InChI is InChI=1S/C11H9Cl2N3O2/c1-16-9(2-3-14-16)11(18)15-6-4-7(12)10(17)8(13)5-6/h2-5,17H,1H3,(H,15,18). The number of aromatic hydroxyl groups is 1. The molecule has 2 rings (SSSR count). The highest BCUT2D eigenvalue weighted by molar-refractivity contribution is 6.37. The molecule has 1 aromatic heterocycles. The molecule has 2 aromatic rings. The maximum atomic E-state index is 11.9. The number of rotatable bonds is 2.